The van der Waals surface area contributed by atoms with Gasteiger partial charge in [-0.15, -0.1) is 0 Å². The zero-order chi connectivity index (χ0) is 14.7. The van der Waals surface area contributed by atoms with Gasteiger partial charge in [0.2, 0.25) is 0 Å². The van der Waals surface area contributed by atoms with E-state index in [1.165, 1.54) is 11.1 Å². The lowest BCUT2D eigenvalue weighted by atomic mass is 10.2. The minimum atomic E-state index is 0.810. The summed E-state index contributed by atoms with van der Waals surface area (Å²) in [7, 11) is 2.07. The monoisotopic (exact) mass is 280 g/mol. The zero-order valence-electron chi connectivity index (χ0n) is 12.2. The molecule has 0 saturated heterocycles. The first kappa shape index (κ1) is 13.6. The van der Waals surface area contributed by atoms with Crippen molar-refractivity contribution in [1.82, 2.24) is 14.9 Å². The van der Waals surface area contributed by atoms with E-state index < -0.39 is 0 Å². The van der Waals surface area contributed by atoms with Crippen LogP contribution in [-0.4, -0.2) is 16.1 Å². The number of imidazole rings is 1. The van der Waals surface area contributed by atoms with Gasteiger partial charge in [0.05, 0.1) is 11.0 Å². The molecule has 108 valence electrons. The summed E-state index contributed by atoms with van der Waals surface area (Å²) in [6, 6.07) is 16.2. The molecule has 0 fully saturated rings. The van der Waals surface area contributed by atoms with Crippen LogP contribution in [0.2, 0.25) is 0 Å². The number of nitrogen functional groups attached to an aromatic ring is 1. The van der Waals surface area contributed by atoms with E-state index in [4.69, 9.17) is 5.73 Å². The Morgan fingerprint density at radius 2 is 2.00 bits per heavy atom. The zero-order valence-corrected chi connectivity index (χ0v) is 12.2. The number of aromatic nitrogens is 2. The first-order valence-electron chi connectivity index (χ1n) is 7.19. The predicted molar refractivity (Wildman–Crippen MR) is 87.0 cm³/mol. The smallest absolute Gasteiger partial charge is 0.110 e. The fraction of sp³-hybridized carbons (Fsp3) is 0.235. The Morgan fingerprint density at radius 1 is 1.14 bits per heavy atom. The maximum atomic E-state index is 5.78. The summed E-state index contributed by atoms with van der Waals surface area (Å²) in [5.74, 6) is 1.11. The lowest BCUT2D eigenvalue weighted by molar-refractivity contribution is 0.658. The molecular weight excluding hydrogens is 260 g/mol. The Morgan fingerprint density at radius 3 is 2.81 bits per heavy atom. The maximum Gasteiger partial charge on any atom is 0.110 e. The lowest BCUT2D eigenvalue weighted by Gasteiger charge is -2.06. The topological polar surface area (TPSA) is 55.9 Å². The molecule has 0 aliphatic carbocycles. The van der Waals surface area contributed by atoms with Gasteiger partial charge < -0.3 is 15.6 Å². The average molecular weight is 280 g/mol. The molecule has 3 rings (SSSR count). The average Bonchev–Trinajstić information content (AvgIpc) is 2.81. The number of para-hydroxylation sites is 2. The summed E-state index contributed by atoms with van der Waals surface area (Å²) < 4.78 is 2.16. The van der Waals surface area contributed by atoms with Crippen LogP contribution in [0.15, 0.2) is 48.5 Å². The predicted octanol–water partition coefficient (Wildman–Crippen LogP) is 2.49. The molecule has 4 nitrogen and oxygen atoms in total. The second-order valence-electron chi connectivity index (χ2n) is 5.25. The van der Waals surface area contributed by atoms with Gasteiger partial charge in [0, 0.05) is 32.2 Å². The summed E-state index contributed by atoms with van der Waals surface area (Å²) in [4.78, 5) is 4.67. The molecule has 0 saturated carbocycles. The van der Waals surface area contributed by atoms with Gasteiger partial charge in [0.1, 0.15) is 5.82 Å². The van der Waals surface area contributed by atoms with Gasteiger partial charge in [0.25, 0.3) is 0 Å². The number of nitrogens with two attached hydrogens (primary N) is 1. The third-order valence-electron chi connectivity index (χ3n) is 3.69. The van der Waals surface area contributed by atoms with Crippen LogP contribution in [0, 0.1) is 0 Å². The maximum absolute atomic E-state index is 5.78. The van der Waals surface area contributed by atoms with Crippen molar-refractivity contribution >= 4 is 16.7 Å². The molecule has 2 aromatic carbocycles. The number of nitrogens with zero attached hydrogens (tertiary/aromatic N) is 2. The standard InChI is InChI=1S/C17H20N4/c1-21-16-8-3-2-7-15(16)20-17(21)9-10-19-12-13-5-4-6-14(18)11-13/h2-8,11,19H,9-10,12,18H2,1H3. The van der Waals surface area contributed by atoms with Crippen LogP contribution in [0.25, 0.3) is 11.0 Å². The Kier molecular flexibility index (Phi) is 3.88. The van der Waals surface area contributed by atoms with E-state index in [2.05, 4.69) is 40.1 Å². The van der Waals surface area contributed by atoms with Crippen molar-refractivity contribution in [1.29, 1.82) is 0 Å². The van der Waals surface area contributed by atoms with Gasteiger partial charge in [-0.3, -0.25) is 0 Å². The molecule has 0 aliphatic heterocycles. The number of nitrogens with one attached hydrogen (secondary N) is 1. The van der Waals surface area contributed by atoms with Crippen LogP contribution in [-0.2, 0) is 20.0 Å². The van der Waals surface area contributed by atoms with E-state index in [0.717, 1.165) is 36.5 Å². The van der Waals surface area contributed by atoms with Crippen molar-refractivity contribution in [2.24, 2.45) is 7.05 Å². The SMILES string of the molecule is Cn1c(CCNCc2cccc(N)c2)nc2ccccc21. The fourth-order valence-electron chi connectivity index (χ4n) is 2.56. The molecule has 1 aromatic heterocycles. The van der Waals surface area contributed by atoms with Gasteiger partial charge in [-0.2, -0.15) is 0 Å². The summed E-state index contributed by atoms with van der Waals surface area (Å²) in [6.07, 6.45) is 0.910. The molecule has 4 heteroatoms. The van der Waals surface area contributed by atoms with Crippen molar-refractivity contribution in [3.63, 3.8) is 0 Å². The van der Waals surface area contributed by atoms with E-state index in [0.29, 0.717) is 0 Å². The number of rotatable bonds is 5. The van der Waals surface area contributed by atoms with Crippen LogP contribution in [0.4, 0.5) is 5.69 Å². The number of hydrogen-bond acceptors (Lipinski definition) is 3. The number of benzene rings is 2. The minimum absolute atomic E-state index is 0.810. The van der Waals surface area contributed by atoms with E-state index in [1.54, 1.807) is 0 Å². The Balaban J connectivity index is 1.58. The molecule has 0 aliphatic rings. The van der Waals surface area contributed by atoms with Crippen molar-refractivity contribution < 1.29 is 0 Å². The minimum Gasteiger partial charge on any atom is -0.399 e. The van der Waals surface area contributed by atoms with Crippen molar-refractivity contribution in [2.45, 2.75) is 13.0 Å². The highest BCUT2D eigenvalue weighted by atomic mass is 15.1. The van der Waals surface area contributed by atoms with Gasteiger partial charge in [-0.25, -0.2) is 4.98 Å². The molecule has 0 bridgehead atoms. The van der Waals surface area contributed by atoms with Gasteiger partial charge in [-0.1, -0.05) is 24.3 Å². The molecule has 21 heavy (non-hydrogen) atoms. The number of fused-ring (bicyclic) bond motifs is 1. The lowest BCUT2D eigenvalue weighted by Crippen LogP contribution is -2.18. The molecule has 0 atom stereocenters. The second kappa shape index (κ2) is 5.97. The van der Waals surface area contributed by atoms with Crippen molar-refractivity contribution in [2.75, 3.05) is 12.3 Å². The quantitative estimate of drug-likeness (QED) is 0.557. The Labute approximate surface area is 124 Å². The second-order valence-corrected chi connectivity index (χ2v) is 5.25. The summed E-state index contributed by atoms with van der Waals surface area (Å²) in [5, 5.41) is 3.44. The molecule has 3 aromatic rings. The normalized spacial score (nSPS) is 11.1. The highest BCUT2D eigenvalue weighted by Crippen LogP contribution is 2.14. The van der Waals surface area contributed by atoms with E-state index in [9.17, 15) is 0 Å². The van der Waals surface area contributed by atoms with Crippen LogP contribution >= 0.6 is 0 Å². The molecule has 0 radical (unpaired) electrons. The number of anilines is 1. The highest BCUT2D eigenvalue weighted by Gasteiger charge is 2.06. The molecule has 0 amide bonds. The molecule has 0 unspecified atom stereocenters. The third-order valence-corrected chi connectivity index (χ3v) is 3.69. The van der Waals surface area contributed by atoms with Gasteiger partial charge in [-0.05, 0) is 29.8 Å². The fourth-order valence-corrected chi connectivity index (χ4v) is 2.56. The third kappa shape index (κ3) is 3.06. The van der Waals surface area contributed by atoms with Crippen LogP contribution in [0.5, 0.6) is 0 Å². The first-order valence-corrected chi connectivity index (χ1v) is 7.19. The van der Waals surface area contributed by atoms with Gasteiger partial charge in [0.15, 0.2) is 0 Å². The molecular formula is C17H20N4. The van der Waals surface area contributed by atoms with Crippen LogP contribution in [0.3, 0.4) is 0 Å². The van der Waals surface area contributed by atoms with Crippen LogP contribution in [0.1, 0.15) is 11.4 Å². The summed E-state index contributed by atoms with van der Waals surface area (Å²) in [6.45, 7) is 1.72. The largest absolute Gasteiger partial charge is 0.399 e. The molecule has 3 N–H and O–H groups in total. The molecule has 0 spiro atoms. The van der Waals surface area contributed by atoms with E-state index in [1.807, 2.05) is 30.3 Å². The Hall–Kier alpha value is -2.33. The van der Waals surface area contributed by atoms with Gasteiger partial charge >= 0.3 is 0 Å². The summed E-state index contributed by atoms with van der Waals surface area (Å²) in [5.41, 5.74) is 10.0. The van der Waals surface area contributed by atoms with Crippen molar-refractivity contribution in [3.8, 4) is 0 Å². The number of hydrogen-bond donors (Lipinski definition) is 2. The van der Waals surface area contributed by atoms with E-state index in [-0.39, 0.29) is 0 Å². The van der Waals surface area contributed by atoms with E-state index >= 15 is 0 Å². The van der Waals surface area contributed by atoms with Crippen molar-refractivity contribution in [3.05, 3.63) is 59.9 Å². The highest BCUT2D eigenvalue weighted by molar-refractivity contribution is 5.75. The van der Waals surface area contributed by atoms with Crippen LogP contribution < -0.4 is 11.1 Å². The summed E-state index contributed by atoms with van der Waals surface area (Å²) >= 11 is 0. The number of aryl methyl sites for hydroxylation is 1. The molecule has 1 heterocycles. The Bertz CT molecular complexity index is 745. The first-order chi connectivity index (χ1) is 10.2.